The fraction of sp³-hybridized carbons (Fsp3) is 1.00. The van der Waals surface area contributed by atoms with Gasteiger partial charge in [-0.2, -0.15) is 0 Å². The summed E-state index contributed by atoms with van der Waals surface area (Å²) < 4.78 is 10.9. The van der Waals surface area contributed by atoms with Crippen molar-refractivity contribution in [3.8, 4) is 0 Å². The van der Waals surface area contributed by atoms with Gasteiger partial charge in [-0.1, -0.05) is 39.5 Å². The highest BCUT2D eigenvalue weighted by Gasteiger charge is 2.22. The van der Waals surface area contributed by atoms with Crippen LogP contribution in [0.2, 0.25) is 5.54 Å². The molecule has 0 aliphatic heterocycles. The molecule has 3 heteroatoms. The van der Waals surface area contributed by atoms with E-state index in [0.29, 0.717) is 5.54 Å². The van der Waals surface area contributed by atoms with E-state index in [1.165, 1.54) is 38.5 Å². The summed E-state index contributed by atoms with van der Waals surface area (Å²) in [5.41, 5.74) is 0.713. The number of rotatable bonds is 9. The molecule has 0 fully saturated rings. The molecule has 0 aliphatic carbocycles. The van der Waals surface area contributed by atoms with Crippen molar-refractivity contribution in [2.24, 2.45) is 0 Å². The van der Waals surface area contributed by atoms with E-state index in [9.17, 15) is 0 Å². The molecule has 0 spiro atoms. The molecular weight excluding hydrogens is 192 g/mol. The van der Waals surface area contributed by atoms with E-state index in [2.05, 4.69) is 13.8 Å². The van der Waals surface area contributed by atoms with E-state index < -0.39 is 9.28 Å². The van der Waals surface area contributed by atoms with Gasteiger partial charge in [0.15, 0.2) is 0 Å². The highest BCUT2D eigenvalue weighted by atomic mass is 28.3. The number of unbranched alkanes of at least 4 members (excludes halogenated alkanes) is 2. The van der Waals surface area contributed by atoms with Crippen molar-refractivity contribution in [3.63, 3.8) is 0 Å². The van der Waals surface area contributed by atoms with E-state index in [-0.39, 0.29) is 0 Å². The fourth-order valence-electron chi connectivity index (χ4n) is 1.83. The Hall–Kier alpha value is 0.137. The molecule has 0 aliphatic rings. The summed E-state index contributed by atoms with van der Waals surface area (Å²) in [6.45, 7) is 4.49. The largest absolute Gasteiger partial charge is 0.400 e. The maximum Gasteiger partial charge on any atom is 0.324 e. The maximum atomic E-state index is 5.47. The maximum absolute atomic E-state index is 5.47. The molecule has 0 atom stereocenters. The van der Waals surface area contributed by atoms with Crippen LogP contribution in [0, 0.1) is 0 Å². The first-order valence-electron chi connectivity index (χ1n) is 5.85. The molecule has 0 saturated heterocycles. The van der Waals surface area contributed by atoms with Gasteiger partial charge in [-0.3, -0.25) is 0 Å². The Morgan fingerprint density at radius 3 is 1.64 bits per heavy atom. The molecule has 0 amide bonds. The molecular formula is C11H26O2Si. The summed E-state index contributed by atoms with van der Waals surface area (Å²) in [4.78, 5) is 0. The Morgan fingerprint density at radius 1 is 0.929 bits per heavy atom. The van der Waals surface area contributed by atoms with Gasteiger partial charge in [0, 0.05) is 14.2 Å². The monoisotopic (exact) mass is 218 g/mol. The van der Waals surface area contributed by atoms with Gasteiger partial charge in [0.2, 0.25) is 0 Å². The van der Waals surface area contributed by atoms with Gasteiger partial charge in [0.1, 0.15) is 0 Å². The second kappa shape index (κ2) is 9.68. The third-order valence-corrected chi connectivity index (χ3v) is 5.07. The zero-order valence-electron chi connectivity index (χ0n) is 10.2. The molecule has 0 bridgehead atoms. The third-order valence-electron chi connectivity index (χ3n) is 2.71. The molecule has 0 unspecified atom stereocenters. The Bertz CT molecular complexity index is 108. The summed E-state index contributed by atoms with van der Waals surface area (Å²) in [5.74, 6) is 0. The number of hydrogen-bond acceptors (Lipinski definition) is 2. The molecule has 2 nitrogen and oxygen atoms in total. The average molecular weight is 218 g/mol. The van der Waals surface area contributed by atoms with Crippen LogP contribution in [-0.4, -0.2) is 23.5 Å². The Labute approximate surface area is 90.8 Å². The molecule has 0 rings (SSSR count). The van der Waals surface area contributed by atoms with E-state index in [4.69, 9.17) is 8.85 Å². The summed E-state index contributed by atoms with van der Waals surface area (Å²) in [7, 11) is 2.22. The summed E-state index contributed by atoms with van der Waals surface area (Å²) in [6, 6.07) is 0. The SMILES string of the molecule is CCCCC(CCCC)[SiH](OC)OC. The summed E-state index contributed by atoms with van der Waals surface area (Å²) in [5, 5.41) is 0. The first kappa shape index (κ1) is 14.1. The van der Waals surface area contributed by atoms with Crippen LogP contribution in [0.5, 0.6) is 0 Å². The van der Waals surface area contributed by atoms with Gasteiger partial charge in [0.05, 0.1) is 0 Å². The highest BCUT2D eigenvalue weighted by Crippen LogP contribution is 2.25. The van der Waals surface area contributed by atoms with Crippen LogP contribution in [0.3, 0.4) is 0 Å². The van der Waals surface area contributed by atoms with E-state index in [0.717, 1.165) is 0 Å². The molecule has 0 aromatic rings. The van der Waals surface area contributed by atoms with Crippen LogP contribution >= 0.6 is 0 Å². The van der Waals surface area contributed by atoms with Gasteiger partial charge in [-0.05, 0) is 18.4 Å². The van der Waals surface area contributed by atoms with Crippen LogP contribution in [-0.2, 0) is 8.85 Å². The van der Waals surface area contributed by atoms with Crippen LogP contribution in [0.4, 0.5) is 0 Å². The average Bonchev–Trinajstić information content (AvgIpc) is 2.22. The van der Waals surface area contributed by atoms with E-state index in [1.807, 2.05) is 0 Å². The predicted octanol–water partition coefficient (Wildman–Crippen LogP) is 3.25. The van der Waals surface area contributed by atoms with E-state index in [1.54, 1.807) is 14.2 Å². The third kappa shape index (κ3) is 5.78. The zero-order valence-corrected chi connectivity index (χ0v) is 11.4. The van der Waals surface area contributed by atoms with Crippen LogP contribution < -0.4 is 0 Å². The summed E-state index contributed by atoms with van der Waals surface area (Å²) in [6.07, 6.45) is 7.74. The minimum Gasteiger partial charge on any atom is -0.400 e. The highest BCUT2D eigenvalue weighted by molar-refractivity contribution is 6.46. The quantitative estimate of drug-likeness (QED) is 0.553. The lowest BCUT2D eigenvalue weighted by Gasteiger charge is -2.22. The lowest BCUT2D eigenvalue weighted by atomic mass is 10.1. The Balaban J connectivity index is 3.92. The smallest absolute Gasteiger partial charge is 0.324 e. The second-order valence-electron chi connectivity index (χ2n) is 3.88. The van der Waals surface area contributed by atoms with Crippen LogP contribution in [0.25, 0.3) is 0 Å². The Kier molecular flexibility index (Phi) is 9.78. The van der Waals surface area contributed by atoms with Gasteiger partial charge in [-0.25, -0.2) is 0 Å². The van der Waals surface area contributed by atoms with Gasteiger partial charge in [-0.15, -0.1) is 0 Å². The topological polar surface area (TPSA) is 18.5 Å². The van der Waals surface area contributed by atoms with E-state index >= 15 is 0 Å². The van der Waals surface area contributed by atoms with Crippen molar-refractivity contribution in [1.29, 1.82) is 0 Å². The van der Waals surface area contributed by atoms with Crippen molar-refractivity contribution < 1.29 is 8.85 Å². The molecule has 0 N–H and O–H groups in total. The minimum atomic E-state index is -1.37. The van der Waals surface area contributed by atoms with Gasteiger partial charge >= 0.3 is 9.28 Å². The Morgan fingerprint density at radius 2 is 1.36 bits per heavy atom. The standard InChI is InChI=1S/C11H26O2Si/c1-5-7-9-11(10-8-6-2)14(12-3)13-4/h11,14H,5-10H2,1-4H3. The van der Waals surface area contributed by atoms with Crippen molar-refractivity contribution in [2.45, 2.75) is 57.9 Å². The normalized spacial score (nSPS) is 11.6. The van der Waals surface area contributed by atoms with Crippen LogP contribution in [0.1, 0.15) is 52.4 Å². The first-order valence-corrected chi connectivity index (χ1v) is 7.46. The van der Waals surface area contributed by atoms with Crippen molar-refractivity contribution in [1.82, 2.24) is 0 Å². The molecule has 0 aromatic carbocycles. The molecule has 0 heterocycles. The number of hydrogen-bond donors (Lipinski definition) is 0. The second-order valence-corrected chi connectivity index (χ2v) is 6.51. The summed E-state index contributed by atoms with van der Waals surface area (Å²) >= 11 is 0. The molecule has 0 radical (unpaired) electrons. The van der Waals surface area contributed by atoms with Gasteiger partial charge in [0.25, 0.3) is 0 Å². The molecule has 86 valence electrons. The van der Waals surface area contributed by atoms with Crippen molar-refractivity contribution in [2.75, 3.05) is 14.2 Å². The minimum absolute atomic E-state index is 0.713. The van der Waals surface area contributed by atoms with Crippen molar-refractivity contribution in [3.05, 3.63) is 0 Å². The molecule has 14 heavy (non-hydrogen) atoms. The predicted molar refractivity (Wildman–Crippen MR) is 64.0 cm³/mol. The first-order chi connectivity index (χ1) is 6.79. The zero-order chi connectivity index (χ0) is 10.8. The molecule has 0 aromatic heterocycles. The van der Waals surface area contributed by atoms with Crippen LogP contribution in [0.15, 0.2) is 0 Å². The van der Waals surface area contributed by atoms with Crippen molar-refractivity contribution >= 4 is 9.28 Å². The molecule has 0 saturated carbocycles. The lowest BCUT2D eigenvalue weighted by molar-refractivity contribution is 0.258. The fourth-order valence-corrected chi connectivity index (χ4v) is 3.81. The lowest BCUT2D eigenvalue weighted by Crippen LogP contribution is -2.26. The van der Waals surface area contributed by atoms with Gasteiger partial charge < -0.3 is 8.85 Å².